The molecule has 0 unspecified atom stereocenters. The monoisotopic (exact) mass is 277 g/mol. The van der Waals surface area contributed by atoms with Crippen molar-refractivity contribution < 1.29 is 0 Å². The second kappa shape index (κ2) is 5.94. The van der Waals surface area contributed by atoms with Crippen LogP contribution in [-0.2, 0) is 13.1 Å². The van der Waals surface area contributed by atoms with Gasteiger partial charge in [-0.25, -0.2) is 0 Å². The summed E-state index contributed by atoms with van der Waals surface area (Å²) in [5.74, 6) is 0. The van der Waals surface area contributed by atoms with E-state index in [1.807, 2.05) is 30.5 Å². The minimum Gasteiger partial charge on any atom is -0.369 e. The van der Waals surface area contributed by atoms with Gasteiger partial charge < -0.3 is 10.6 Å². The molecule has 3 nitrogen and oxygen atoms in total. The number of aromatic nitrogens is 1. The average molecular weight is 277 g/mol. The quantitative estimate of drug-likeness (QED) is 0.795. The number of nitrogens with two attached hydrogens (primary N) is 1. The number of nitrogens with zero attached hydrogens (tertiary/aromatic N) is 2. The maximum Gasteiger partial charge on any atom is 0.0723 e. The minimum atomic E-state index is 0.492. The van der Waals surface area contributed by atoms with Crippen LogP contribution in [0, 0.1) is 0 Å². The molecular formula is C18H19N3. The van der Waals surface area contributed by atoms with Crippen molar-refractivity contribution in [3.05, 3.63) is 71.9 Å². The highest BCUT2D eigenvalue weighted by Crippen LogP contribution is 2.29. The normalized spacial score (nSPS) is 10.8. The zero-order valence-corrected chi connectivity index (χ0v) is 12.2. The van der Waals surface area contributed by atoms with Gasteiger partial charge in [-0.1, -0.05) is 48.5 Å². The molecule has 0 radical (unpaired) electrons. The highest BCUT2D eigenvalue weighted by molar-refractivity contribution is 5.93. The van der Waals surface area contributed by atoms with Crippen LogP contribution in [0.15, 0.2) is 60.8 Å². The van der Waals surface area contributed by atoms with Gasteiger partial charge in [0.2, 0.25) is 0 Å². The van der Waals surface area contributed by atoms with E-state index in [1.165, 1.54) is 11.3 Å². The summed E-state index contributed by atoms with van der Waals surface area (Å²) in [6.07, 6.45) is 1.89. The maximum atomic E-state index is 5.91. The molecule has 0 atom stereocenters. The molecule has 1 heterocycles. The fourth-order valence-corrected chi connectivity index (χ4v) is 2.70. The number of hydrogen-bond acceptors (Lipinski definition) is 3. The Labute approximate surface area is 125 Å². The number of para-hydroxylation sites is 1. The fourth-order valence-electron chi connectivity index (χ4n) is 2.70. The van der Waals surface area contributed by atoms with E-state index in [2.05, 4.69) is 47.3 Å². The van der Waals surface area contributed by atoms with E-state index in [9.17, 15) is 0 Å². The fraction of sp³-hybridized carbons (Fsp3) is 0.167. The lowest BCUT2D eigenvalue weighted by atomic mass is 10.1. The number of fused-ring (bicyclic) bond motifs is 1. The molecule has 0 aliphatic rings. The van der Waals surface area contributed by atoms with Gasteiger partial charge in [0.1, 0.15) is 0 Å². The molecule has 21 heavy (non-hydrogen) atoms. The zero-order valence-electron chi connectivity index (χ0n) is 12.2. The summed E-state index contributed by atoms with van der Waals surface area (Å²) < 4.78 is 0. The number of rotatable bonds is 4. The molecule has 0 saturated heterocycles. The Morgan fingerprint density at radius 1 is 1.00 bits per heavy atom. The molecule has 106 valence electrons. The first-order valence-corrected chi connectivity index (χ1v) is 7.11. The van der Waals surface area contributed by atoms with Gasteiger partial charge in [-0.2, -0.15) is 0 Å². The van der Waals surface area contributed by atoms with Gasteiger partial charge >= 0.3 is 0 Å². The summed E-state index contributed by atoms with van der Waals surface area (Å²) in [6, 6.07) is 18.7. The third-order valence-corrected chi connectivity index (χ3v) is 3.69. The van der Waals surface area contributed by atoms with Crippen molar-refractivity contribution in [2.45, 2.75) is 13.1 Å². The molecule has 3 heteroatoms. The van der Waals surface area contributed by atoms with Gasteiger partial charge in [-0.05, 0) is 11.6 Å². The summed E-state index contributed by atoms with van der Waals surface area (Å²) in [6.45, 7) is 1.34. The van der Waals surface area contributed by atoms with E-state index in [0.29, 0.717) is 6.54 Å². The highest BCUT2D eigenvalue weighted by atomic mass is 15.1. The summed E-state index contributed by atoms with van der Waals surface area (Å²) in [5, 5.41) is 1.15. The van der Waals surface area contributed by atoms with E-state index in [4.69, 9.17) is 5.73 Å². The molecule has 0 aliphatic heterocycles. The lowest BCUT2D eigenvalue weighted by Gasteiger charge is -2.24. The van der Waals surface area contributed by atoms with Gasteiger partial charge in [-0.15, -0.1) is 0 Å². The van der Waals surface area contributed by atoms with Crippen LogP contribution in [0.4, 0.5) is 5.69 Å². The Kier molecular flexibility index (Phi) is 3.84. The van der Waals surface area contributed by atoms with Gasteiger partial charge in [0, 0.05) is 37.3 Å². The minimum absolute atomic E-state index is 0.492. The maximum absolute atomic E-state index is 5.91. The van der Waals surface area contributed by atoms with Crippen molar-refractivity contribution in [1.29, 1.82) is 0 Å². The number of benzene rings is 2. The highest BCUT2D eigenvalue weighted by Gasteiger charge is 2.12. The summed E-state index contributed by atoms with van der Waals surface area (Å²) in [7, 11) is 2.11. The molecule has 3 rings (SSSR count). The van der Waals surface area contributed by atoms with Crippen LogP contribution in [0.5, 0.6) is 0 Å². The summed E-state index contributed by atoms with van der Waals surface area (Å²) in [4.78, 5) is 6.75. The smallest absolute Gasteiger partial charge is 0.0723 e. The van der Waals surface area contributed by atoms with Crippen molar-refractivity contribution in [3.8, 4) is 0 Å². The standard InChI is InChI=1S/C18H19N3/c1-21(13-14-7-3-2-4-8-14)18-15(11-19)12-20-17-10-6-5-9-16(17)18/h2-10,12H,11,13,19H2,1H3. The Morgan fingerprint density at radius 3 is 2.48 bits per heavy atom. The van der Waals surface area contributed by atoms with Crippen molar-refractivity contribution >= 4 is 16.6 Å². The third-order valence-electron chi connectivity index (χ3n) is 3.69. The van der Waals surface area contributed by atoms with Crippen molar-refractivity contribution in [2.24, 2.45) is 5.73 Å². The van der Waals surface area contributed by atoms with E-state index in [1.54, 1.807) is 0 Å². The lowest BCUT2D eigenvalue weighted by molar-refractivity contribution is 0.906. The van der Waals surface area contributed by atoms with E-state index < -0.39 is 0 Å². The van der Waals surface area contributed by atoms with Gasteiger partial charge in [0.25, 0.3) is 0 Å². The molecule has 2 aromatic carbocycles. The van der Waals surface area contributed by atoms with Crippen LogP contribution >= 0.6 is 0 Å². The molecule has 0 saturated carbocycles. The third kappa shape index (κ3) is 2.73. The first kappa shape index (κ1) is 13.6. The number of hydrogen-bond donors (Lipinski definition) is 1. The average Bonchev–Trinajstić information content (AvgIpc) is 2.54. The lowest BCUT2D eigenvalue weighted by Crippen LogP contribution is -2.19. The molecule has 0 aliphatic carbocycles. The number of anilines is 1. The predicted molar refractivity (Wildman–Crippen MR) is 88.2 cm³/mol. The van der Waals surface area contributed by atoms with E-state index in [0.717, 1.165) is 23.0 Å². The second-order valence-corrected chi connectivity index (χ2v) is 5.19. The molecular weight excluding hydrogens is 258 g/mol. The Morgan fingerprint density at radius 2 is 1.71 bits per heavy atom. The first-order valence-electron chi connectivity index (χ1n) is 7.11. The van der Waals surface area contributed by atoms with Gasteiger partial charge in [0.05, 0.1) is 11.2 Å². The van der Waals surface area contributed by atoms with Crippen LogP contribution in [0.3, 0.4) is 0 Å². The van der Waals surface area contributed by atoms with E-state index in [-0.39, 0.29) is 0 Å². The first-order chi connectivity index (χ1) is 10.3. The van der Waals surface area contributed by atoms with Crippen molar-refractivity contribution in [1.82, 2.24) is 4.98 Å². The summed E-state index contributed by atoms with van der Waals surface area (Å²) >= 11 is 0. The molecule has 1 aromatic heterocycles. The van der Waals surface area contributed by atoms with Gasteiger partial charge in [0.15, 0.2) is 0 Å². The predicted octanol–water partition coefficient (Wildman–Crippen LogP) is 3.33. The molecule has 3 aromatic rings. The van der Waals surface area contributed by atoms with Crippen LogP contribution in [-0.4, -0.2) is 12.0 Å². The summed E-state index contributed by atoms with van der Waals surface area (Å²) in [5.41, 5.74) is 10.4. The zero-order chi connectivity index (χ0) is 14.7. The largest absolute Gasteiger partial charge is 0.369 e. The SMILES string of the molecule is CN(Cc1ccccc1)c1c(CN)cnc2ccccc12. The van der Waals surface area contributed by atoms with Crippen LogP contribution in [0.1, 0.15) is 11.1 Å². The topological polar surface area (TPSA) is 42.1 Å². The van der Waals surface area contributed by atoms with Crippen LogP contribution < -0.4 is 10.6 Å². The van der Waals surface area contributed by atoms with Crippen molar-refractivity contribution in [3.63, 3.8) is 0 Å². The number of pyridine rings is 1. The molecule has 2 N–H and O–H groups in total. The Hall–Kier alpha value is -2.39. The Balaban J connectivity index is 2.05. The van der Waals surface area contributed by atoms with Gasteiger partial charge in [-0.3, -0.25) is 4.98 Å². The van der Waals surface area contributed by atoms with Crippen LogP contribution in [0.2, 0.25) is 0 Å². The molecule has 0 amide bonds. The molecule has 0 bridgehead atoms. The molecule has 0 fully saturated rings. The Bertz CT molecular complexity index is 738. The van der Waals surface area contributed by atoms with Crippen molar-refractivity contribution in [2.75, 3.05) is 11.9 Å². The molecule has 0 spiro atoms. The van der Waals surface area contributed by atoms with E-state index >= 15 is 0 Å². The van der Waals surface area contributed by atoms with Crippen LogP contribution in [0.25, 0.3) is 10.9 Å². The second-order valence-electron chi connectivity index (χ2n) is 5.19.